The van der Waals surface area contributed by atoms with Gasteiger partial charge in [0.15, 0.2) is 41.5 Å². The van der Waals surface area contributed by atoms with Crippen LogP contribution >= 0.6 is 18.3 Å². The Bertz CT molecular complexity index is 1760. The molecule has 0 radical (unpaired) electrons. The molecular formula is C21H25F2N10O6PS2. The molecule has 42 heavy (non-hydrogen) atoms. The number of aromatic amines is 1. The van der Waals surface area contributed by atoms with Gasteiger partial charge in [-0.15, -0.1) is 11.8 Å². The average molecular weight is 647 g/mol. The average Bonchev–Trinajstić information content (AvgIpc) is 3.69. The summed E-state index contributed by atoms with van der Waals surface area (Å²) >= 11 is 6.53. The number of aliphatic hydroxyl groups is 2. The minimum absolute atomic E-state index is 0.0386. The lowest BCUT2D eigenvalue weighted by molar-refractivity contribution is -0.0418. The summed E-state index contributed by atoms with van der Waals surface area (Å²) in [6, 6.07) is 0. The van der Waals surface area contributed by atoms with Gasteiger partial charge in [0.1, 0.15) is 29.7 Å². The number of hydrogen-bond donors (Lipinski definition) is 6. The number of H-pyrrole nitrogens is 1. The summed E-state index contributed by atoms with van der Waals surface area (Å²) in [5, 5.41) is 19.3. The predicted molar refractivity (Wildman–Crippen MR) is 150 cm³/mol. The fraction of sp³-hybridized carbons (Fsp3) is 0.524. The molecule has 2 fully saturated rings. The summed E-state index contributed by atoms with van der Waals surface area (Å²) in [5.41, 5.74) is 7.63. The molecule has 6 heterocycles. The highest BCUT2D eigenvalue weighted by Crippen LogP contribution is 2.65. The Morgan fingerprint density at radius 3 is 2.74 bits per heavy atom. The van der Waals surface area contributed by atoms with Crippen LogP contribution < -0.4 is 17.0 Å². The summed E-state index contributed by atoms with van der Waals surface area (Å²) in [6.07, 6.45) is -3.06. The molecule has 0 bridgehead atoms. The molecule has 0 spiro atoms. The highest BCUT2D eigenvalue weighted by Gasteiger charge is 2.58. The standard InChI is InChI=1S/C21H25F2N10O6PS2/c22-9-12(35)8(39-18(9)32-6-28-10-14(24)26-5-27-15(10)32)3-38-40(37,41)13-19(42-4-21(13,23)1-2-34)33-7-29-11-16(33)30-20(25)31-17(11)36/h5-9,12-13,18-19,34-35H,1-4H2,(H,37,41)(H2,24,26,27)(H3,25,30,31,36)/t8-,9+,12-,13+,18-,19-,21+,40?/m1/s1. The lowest BCUT2D eigenvalue weighted by atomic mass is 10.00. The molecule has 0 amide bonds. The molecule has 1 unspecified atom stereocenters. The Labute approximate surface area is 243 Å². The maximum atomic E-state index is 16.4. The van der Waals surface area contributed by atoms with E-state index in [1.807, 2.05) is 0 Å². The van der Waals surface area contributed by atoms with E-state index in [1.54, 1.807) is 0 Å². The third kappa shape index (κ3) is 4.75. The van der Waals surface area contributed by atoms with Crippen LogP contribution in [0.5, 0.6) is 0 Å². The second-order valence-corrected chi connectivity index (χ2v) is 14.5. The van der Waals surface area contributed by atoms with Gasteiger partial charge >= 0.3 is 0 Å². The molecule has 8 atom stereocenters. The SMILES string of the molecule is Nc1nc2c(ncn2[C@@H]2SC[C@@](F)(CCO)[C@H]2P(O)(=S)OC[C@H]2O[C@@H](n3cnc4c(N)ncnc43)[C@@H](F)[C@@H]2O)c(=O)[nH]1. The van der Waals surface area contributed by atoms with Crippen LogP contribution in [-0.2, 0) is 21.1 Å². The van der Waals surface area contributed by atoms with Crippen molar-refractivity contribution in [1.82, 2.24) is 39.0 Å². The number of hydrogen-bond acceptors (Lipinski definition) is 14. The van der Waals surface area contributed by atoms with E-state index >= 15 is 8.78 Å². The summed E-state index contributed by atoms with van der Waals surface area (Å²) in [6.45, 7) is -5.29. The highest BCUT2D eigenvalue weighted by atomic mass is 32.5. The van der Waals surface area contributed by atoms with Gasteiger partial charge in [-0.05, 0) is 11.8 Å². The largest absolute Gasteiger partial charge is 0.396 e. The predicted octanol–water partition coefficient (Wildman–Crippen LogP) is -0.257. The van der Waals surface area contributed by atoms with Crippen LogP contribution in [0.4, 0.5) is 20.5 Å². The Hall–Kier alpha value is -2.84. The van der Waals surface area contributed by atoms with Gasteiger partial charge in [-0.2, -0.15) is 4.98 Å². The van der Waals surface area contributed by atoms with Crippen molar-refractivity contribution >= 4 is 64.2 Å². The van der Waals surface area contributed by atoms with E-state index in [1.165, 1.54) is 28.1 Å². The Morgan fingerprint density at radius 2 is 1.98 bits per heavy atom. The lowest BCUT2D eigenvalue weighted by Gasteiger charge is -2.35. The van der Waals surface area contributed by atoms with Crippen LogP contribution in [0.1, 0.15) is 18.0 Å². The van der Waals surface area contributed by atoms with Crippen molar-refractivity contribution in [3.8, 4) is 0 Å². The van der Waals surface area contributed by atoms with Crippen LogP contribution in [0.15, 0.2) is 23.8 Å². The summed E-state index contributed by atoms with van der Waals surface area (Å²) in [5.74, 6) is -0.305. The maximum Gasteiger partial charge on any atom is 0.280 e. The van der Waals surface area contributed by atoms with Crippen molar-refractivity contribution in [1.29, 1.82) is 0 Å². The molecule has 2 saturated heterocycles. The van der Waals surface area contributed by atoms with E-state index in [-0.39, 0.29) is 46.3 Å². The number of ether oxygens (including phenoxy) is 1. The van der Waals surface area contributed by atoms with Gasteiger partial charge in [0.05, 0.1) is 30.3 Å². The third-order valence-corrected chi connectivity index (χ3v) is 11.9. The zero-order valence-electron chi connectivity index (χ0n) is 21.4. The van der Waals surface area contributed by atoms with E-state index < -0.39 is 66.6 Å². The Morgan fingerprint density at radius 1 is 1.24 bits per heavy atom. The highest BCUT2D eigenvalue weighted by molar-refractivity contribution is 8.10. The minimum atomic E-state index is -4.15. The first-order chi connectivity index (χ1) is 19.9. The molecule has 2 aliphatic rings. The molecule has 4 aromatic heterocycles. The molecule has 4 aromatic rings. The molecule has 2 aliphatic heterocycles. The van der Waals surface area contributed by atoms with Crippen molar-refractivity contribution in [2.24, 2.45) is 0 Å². The van der Waals surface area contributed by atoms with E-state index in [4.69, 9.17) is 32.5 Å². The molecule has 6 rings (SSSR count). The number of aliphatic hydroxyl groups excluding tert-OH is 2. The monoisotopic (exact) mass is 646 g/mol. The second-order valence-electron chi connectivity index (χ2n) is 9.87. The topological polar surface area (TPSA) is 238 Å². The number of nitrogens with one attached hydrogen (secondary N) is 1. The van der Waals surface area contributed by atoms with Crippen LogP contribution in [-0.4, -0.2) is 103 Å². The van der Waals surface area contributed by atoms with Gasteiger partial charge in [0.25, 0.3) is 5.56 Å². The van der Waals surface area contributed by atoms with Crippen LogP contribution in [0.25, 0.3) is 22.3 Å². The third-order valence-electron chi connectivity index (χ3n) is 7.28. The van der Waals surface area contributed by atoms with Crippen LogP contribution in [0.2, 0.25) is 0 Å². The van der Waals surface area contributed by atoms with Gasteiger partial charge < -0.3 is 40.4 Å². The first-order valence-corrected chi connectivity index (χ1v) is 16.3. The van der Waals surface area contributed by atoms with Gasteiger partial charge in [-0.3, -0.25) is 14.3 Å². The normalized spacial score (nSPS) is 31.3. The summed E-state index contributed by atoms with van der Waals surface area (Å²) in [7, 11) is 0. The van der Waals surface area contributed by atoms with Crippen LogP contribution in [0, 0.1) is 0 Å². The number of nitrogens with two attached hydrogens (primary N) is 2. The molecule has 16 nitrogen and oxygen atoms in total. The number of aromatic nitrogens is 8. The number of imidazole rings is 2. The molecule has 0 aliphatic carbocycles. The molecule has 21 heteroatoms. The zero-order chi connectivity index (χ0) is 30.0. The molecule has 0 saturated carbocycles. The molecule has 0 aromatic carbocycles. The number of fused-ring (bicyclic) bond motifs is 2. The van der Waals surface area contributed by atoms with E-state index in [9.17, 15) is 19.9 Å². The molecule has 8 N–H and O–H groups in total. The van der Waals surface area contributed by atoms with Gasteiger partial charge in [0, 0.05) is 18.8 Å². The number of thioether (sulfide) groups is 1. The van der Waals surface area contributed by atoms with E-state index in [0.717, 1.165) is 11.8 Å². The van der Waals surface area contributed by atoms with Crippen LogP contribution in [0.3, 0.4) is 0 Å². The Balaban J connectivity index is 1.27. The fourth-order valence-electron chi connectivity index (χ4n) is 5.26. The van der Waals surface area contributed by atoms with Crippen molar-refractivity contribution in [3.63, 3.8) is 0 Å². The van der Waals surface area contributed by atoms with Gasteiger partial charge in [-0.25, -0.2) is 28.7 Å². The number of rotatable bonds is 8. The fourth-order valence-corrected chi connectivity index (χ4v) is 10.8. The maximum absolute atomic E-state index is 16.4. The number of nitrogens with zero attached hydrogens (tertiary/aromatic N) is 7. The number of anilines is 2. The van der Waals surface area contributed by atoms with E-state index in [2.05, 4.69) is 29.9 Å². The van der Waals surface area contributed by atoms with Crippen molar-refractivity contribution in [2.45, 2.75) is 47.7 Å². The summed E-state index contributed by atoms with van der Waals surface area (Å²) in [4.78, 5) is 46.3. The Kier molecular flexibility index (Phi) is 7.45. The number of halogens is 2. The van der Waals surface area contributed by atoms with Crippen molar-refractivity contribution in [2.75, 3.05) is 30.4 Å². The first-order valence-electron chi connectivity index (χ1n) is 12.5. The first kappa shape index (κ1) is 29.2. The van der Waals surface area contributed by atoms with Gasteiger partial charge in [-0.1, -0.05) is 0 Å². The number of nitrogen functional groups attached to an aromatic ring is 2. The van der Waals surface area contributed by atoms with Crippen molar-refractivity contribution in [3.05, 3.63) is 29.3 Å². The number of alkyl halides is 2. The molecular weight excluding hydrogens is 621 g/mol. The zero-order valence-corrected chi connectivity index (χ0v) is 23.9. The van der Waals surface area contributed by atoms with E-state index in [0.29, 0.717) is 0 Å². The quantitative estimate of drug-likeness (QED) is 0.135. The van der Waals surface area contributed by atoms with Crippen molar-refractivity contribution < 1.29 is 33.1 Å². The summed E-state index contributed by atoms with van der Waals surface area (Å²) < 4.78 is 45.7. The second kappa shape index (κ2) is 10.7. The minimum Gasteiger partial charge on any atom is -0.396 e. The lowest BCUT2D eigenvalue weighted by Crippen LogP contribution is -2.40. The smallest absolute Gasteiger partial charge is 0.280 e. The molecule has 226 valence electrons. The van der Waals surface area contributed by atoms with Gasteiger partial charge in [0.2, 0.25) is 5.95 Å².